The molecule has 1 spiro atoms. The Morgan fingerprint density at radius 3 is 2.60 bits per heavy atom. The quantitative estimate of drug-likeness (QED) is 0.595. The molecule has 3 heterocycles. The summed E-state index contributed by atoms with van der Waals surface area (Å²) in [5.41, 5.74) is 1.24. The summed E-state index contributed by atoms with van der Waals surface area (Å²) < 4.78 is 38.2. The van der Waals surface area contributed by atoms with Crippen LogP contribution in [-0.2, 0) is 10.0 Å². The third kappa shape index (κ3) is 3.16. The van der Waals surface area contributed by atoms with Gasteiger partial charge in [-0.3, -0.25) is 0 Å². The predicted molar refractivity (Wildman–Crippen MR) is 109 cm³/mol. The first-order valence-electron chi connectivity index (χ1n) is 9.83. The van der Waals surface area contributed by atoms with Crippen molar-refractivity contribution in [3.63, 3.8) is 0 Å². The van der Waals surface area contributed by atoms with Crippen LogP contribution in [0.5, 0.6) is 0 Å². The first kappa shape index (κ1) is 19.7. The summed E-state index contributed by atoms with van der Waals surface area (Å²) in [5.74, 6) is 1.64. The summed E-state index contributed by atoms with van der Waals surface area (Å²) in [7, 11) is -3.61. The van der Waals surface area contributed by atoms with Gasteiger partial charge in [0.05, 0.1) is 0 Å². The van der Waals surface area contributed by atoms with Crippen LogP contribution in [0, 0.1) is 19.3 Å². The third-order valence-corrected chi connectivity index (χ3v) is 8.68. The Kier molecular flexibility index (Phi) is 4.53. The van der Waals surface area contributed by atoms with Crippen molar-refractivity contribution in [1.29, 1.82) is 0 Å². The molecule has 1 aromatic carbocycles. The Balaban J connectivity index is 1.29. The van der Waals surface area contributed by atoms with E-state index in [4.69, 9.17) is 20.6 Å². The first-order chi connectivity index (χ1) is 14.3. The summed E-state index contributed by atoms with van der Waals surface area (Å²) in [6.07, 6.45) is 2.45. The highest BCUT2D eigenvalue weighted by atomic mass is 35.5. The van der Waals surface area contributed by atoms with Gasteiger partial charge in [0.25, 0.3) is 0 Å². The van der Waals surface area contributed by atoms with Crippen LogP contribution in [0.25, 0.3) is 11.4 Å². The molecular formula is C20H21ClN4O4S. The van der Waals surface area contributed by atoms with Crippen molar-refractivity contribution in [2.75, 3.05) is 13.1 Å². The Bertz CT molecular complexity index is 1190. The summed E-state index contributed by atoms with van der Waals surface area (Å²) in [5, 5.41) is 8.51. The van der Waals surface area contributed by atoms with Gasteiger partial charge < -0.3 is 9.05 Å². The Hall–Kier alpha value is -2.23. The van der Waals surface area contributed by atoms with Gasteiger partial charge >= 0.3 is 0 Å². The van der Waals surface area contributed by atoms with Crippen molar-refractivity contribution in [2.45, 2.75) is 43.9 Å². The van der Waals surface area contributed by atoms with E-state index >= 15 is 0 Å². The fraction of sp³-hybridized carbons (Fsp3) is 0.450. The second-order valence-corrected chi connectivity index (χ2v) is 10.5. The van der Waals surface area contributed by atoms with Crippen LogP contribution < -0.4 is 0 Å². The van der Waals surface area contributed by atoms with Crippen LogP contribution in [0.15, 0.2) is 38.2 Å². The van der Waals surface area contributed by atoms with Gasteiger partial charge in [-0.25, -0.2) is 8.42 Å². The normalized spacial score (nSPS) is 21.2. The number of hydrogen-bond donors (Lipinski definition) is 0. The number of aromatic nitrogens is 3. The molecule has 30 heavy (non-hydrogen) atoms. The van der Waals surface area contributed by atoms with Gasteiger partial charge in [-0.15, -0.1) is 0 Å². The predicted octanol–water partition coefficient (Wildman–Crippen LogP) is 3.95. The van der Waals surface area contributed by atoms with Crippen molar-refractivity contribution in [3.05, 3.63) is 46.6 Å². The fourth-order valence-corrected chi connectivity index (χ4v) is 6.44. The summed E-state index contributed by atoms with van der Waals surface area (Å²) >= 11 is 6.05. The van der Waals surface area contributed by atoms with Crippen molar-refractivity contribution in [1.82, 2.24) is 19.6 Å². The Morgan fingerprint density at radius 2 is 1.93 bits per heavy atom. The average molecular weight is 449 g/mol. The van der Waals surface area contributed by atoms with E-state index in [1.165, 1.54) is 4.31 Å². The summed E-state index contributed by atoms with van der Waals surface area (Å²) in [6, 6.07) is 7.34. The zero-order valence-electron chi connectivity index (χ0n) is 16.6. The zero-order chi connectivity index (χ0) is 21.1. The standard InChI is InChI=1S/C20H21ClN4O4S/c1-12-17(13(2)28-23-12)30(26,27)25-8-6-20(7-9-25)11-16(20)19-22-18(24-29-19)14-4-3-5-15(21)10-14/h3-5,10,16H,6-9,11H2,1-2H3. The maximum Gasteiger partial charge on any atom is 0.248 e. The van der Waals surface area contributed by atoms with Crippen LogP contribution >= 0.6 is 11.6 Å². The highest BCUT2D eigenvalue weighted by Crippen LogP contribution is 2.64. The van der Waals surface area contributed by atoms with E-state index in [1.54, 1.807) is 26.0 Å². The number of hydrogen-bond acceptors (Lipinski definition) is 7. The molecule has 5 rings (SSSR count). The molecule has 1 aliphatic heterocycles. The largest absolute Gasteiger partial charge is 0.360 e. The lowest BCUT2D eigenvalue weighted by molar-refractivity contribution is 0.242. The Labute approximate surface area is 179 Å². The lowest BCUT2D eigenvalue weighted by Gasteiger charge is -2.31. The highest BCUT2D eigenvalue weighted by molar-refractivity contribution is 7.89. The monoisotopic (exact) mass is 448 g/mol. The van der Waals surface area contributed by atoms with Gasteiger partial charge in [0.15, 0.2) is 5.76 Å². The molecule has 1 aliphatic carbocycles. The second kappa shape index (κ2) is 6.90. The molecule has 10 heteroatoms. The van der Waals surface area contributed by atoms with Gasteiger partial charge in [0, 0.05) is 29.6 Å². The van der Waals surface area contributed by atoms with Gasteiger partial charge in [0.1, 0.15) is 10.6 Å². The van der Waals surface area contributed by atoms with Gasteiger partial charge in [-0.1, -0.05) is 34.0 Å². The fourth-order valence-electron chi connectivity index (χ4n) is 4.51. The molecule has 0 amide bonds. The van der Waals surface area contributed by atoms with E-state index in [2.05, 4.69) is 15.3 Å². The number of benzene rings is 1. The van der Waals surface area contributed by atoms with Crippen molar-refractivity contribution < 1.29 is 17.5 Å². The van der Waals surface area contributed by atoms with Crippen LogP contribution in [-0.4, -0.2) is 41.1 Å². The molecule has 158 valence electrons. The molecule has 2 fully saturated rings. The van der Waals surface area contributed by atoms with E-state index in [-0.39, 0.29) is 16.2 Å². The second-order valence-electron chi connectivity index (χ2n) is 8.14. The van der Waals surface area contributed by atoms with Crippen LogP contribution in [0.3, 0.4) is 0 Å². The molecule has 1 atom stereocenters. The molecule has 8 nitrogen and oxygen atoms in total. The number of nitrogens with zero attached hydrogens (tertiary/aromatic N) is 4. The Morgan fingerprint density at radius 1 is 1.17 bits per heavy atom. The van der Waals surface area contributed by atoms with E-state index < -0.39 is 10.0 Å². The molecule has 0 N–H and O–H groups in total. The van der Waals surface area contributed by atoms with Crippen molar-refractivity contribution >= 4 is 21.6 Å². The number of halogens is 1. The van der Waals surface area contributed by atoms with Gasteiger partial charge in [-0.05, 0) is 50.7 Å². The minimum atomic E-state index is -3.61. The third-order valence-electron chi connectivity index (χ3n) is 6.30. The molecule has 0 radical (unpaired) electrons. The van der Waals surface area contributed by atoms with Crippen LogP contribution in [0.1, 0.15) is 42.5 Å². The molecule has 1 unspecified atom stereocenters. The average Bonchev–Trinajstić information content (AvgIpc) is 3.04. The smallest absolute Gasteiger partial charge is 0.248 e. The highest BCUT2D eigenvalue weighted by Gasteiger charge is 2.59. The van der Waals surface area contributed by atoms with Gasteiger partial charge in [-0.2, -0.15) is 9.29 Å². The number of sulfonamides is 1. The summed E-state index contributed by atoms with van der Waals surface area (Å²) in [4.78, 5) is 4.76. The van der Waals surface area contributed by atoms with Crippen LogP contribution in [0.2, 0.25) is 5.02 Å². The minimum Gasteiger partial charge on any atom is -0.360 e. The SMILES string of the molecule is Cc1noc(C)c1S(=O)(=O)N1CCC2(CC1)CC2c1nc(-c2cccc(Cl)c2)no1. The topological polar surface area (TPSA) is 102 Å². The number of aryl methyl sites for hydroxylation is 2. The lowest BCUT2D eigenvalue weighted by Crippen LogP contribution is -2.39. The number of rotatable bonds is 4. The zero-order valence-corrected chi connectivity index (χ0v) is 18.2. The molecule has 2 aliphatic rings. The van der Waals surface area contributed by atoms with Crippen molar-refractivity contribution in [3.8, 4) is 11.4 Å². The van der Waals surface area contributed by atoms with E-state index in [9.17, 15) is 8.42 Å². The molecule has 1 saturated heterocycles. The van der Waals surface area contributed by atoms with Gasteiger partial charge in [0.2, 0.25) is 21.7 Å². The maximum atomic E-state index is 13.0. The molecule has 0 bridgehead atoms. The number of piperidine rings is 1. The summed E-state index contributed by atoms with van der Waals surface area (Å²) in [6.45, 7) is 4.19. The molecule has 2 aromatic heterocycles. The maximum absolute atomic E-state index is 13.0. The molecule has 3 aromatic rings. The molecule has 1 saturated carbocycles. The molecular weight excluding hydrogens is 428 g/mol. The first-order valence-corrected chi connectivity index (χ1v) is 11.6. The van der Waals surface area contributed by atoms with Crippen LogP contribution in [0.4, 0.5) is 0 Å². The van der Waals surface area contributed by atoms with E-state index in [0.29, 0.717) is 41.3 Å². The minimum absolute atomic E-state index is 0.0306. The van der Waals surface area contributed by atoms with Crippen molar-refractivity contribution in [2.24, 2.45) is 5.41 Å². The lowest BCUT2D eigenvalue weighted by atomic mass is 9.92. The van der Waals surface area contributed by atoms with E-state index in [1.807, 2.05) is 12.1 Å². The van der Waals surface area contributed by atoms with E-state index in [0.717, 1.165) is 24.8 Å².